The van der Waals surface area contributed by atoms with E-state index in [4.69, 9.17) is 0 Å². The van der Waals surface area contributed by atoms with Crippen molar-refractivity contribution in [2.75, 3.05) is 4.90 Å². The van der Waals surface area contributed by atoms with Crippen molar-refractivity contribution in [3.63, 3.8) is 0 Å². The van der Waals surface area contributed by atoms with Gasteiger partial charge < -0.3 is 4.90 Å². The highest BCUT2D eigenvalue weighted by atomic mass is 32.1. The third-order valence-electron chi connectivity index (χ3n) is 12.7. The molecule has 0 radical (unpaired) electrons. The van der Waals surface area contributed by atoms with E-state index in [1.165, 1.54) is 97.4 Å². The van der Waals surface area contributed by atoms with Crippen LogP contribution in [0.15, 0.2) is 249 Å². The number of anilines is 3. The minimum absolute atomic E-state index is 1.09. The van der Waals surface area contributed by atoms with Gasteiger partial charge in [0.2, 0.25) is 0 Å². The quantitative estimate of drug-likeness (QED) is 0.138. The molecule has 1 aromatic heterocycles. The largest absolute Gasteiger partial charge is 0.310 e. The maximum atomic E-state index is 2.43. The van der Waals surface area contributed by atoms with Crippen molar-refractivity contribution >= 4 is 70.1 Å². The van der Waals surface area contributed by atoms with Gasteiger partial charge in [-0.2, -0.15) is 0 Å². The summed E-state index contributed by atoms with van der Waals surface area (Å²) in [4.78, 5) is 2.43. The molecular formula is C62H41NS. The number of para-hydroxylation sites is 1. The number of rotatable bonds is 8. The van der Waals surface area contributed by atoms with Crippen LogP contribution in [0.3, 0.4) is 0 Å². The first kappa shape index (κ1) is 37.7. The molecule has 1 heterocycles. The van der Waals surface area contributed by atoms with E-state index in [0.717, 1.165) is 17.1 Å². The van der Waals surface area contributed by atoms with Crippen LogP contribution < -0.4 is 4.90 Å². The van der Waals surface area contributed by atoms with Crippen molar-refractivity contribution < 1.29 is 0 Å². The smallest absolute Gasteiger partial charge is 0.0540 e. The Hall–Kier alpha value is -8.04. The number of thiophene rings is 1. The first-order valence-corrected chi connectivity index (χ1v) is 22.7. The first-order chi connectivity index (χ1) is 31.7. The third-order valence-corrected chi connectivity index (χ3v) is 13.9. The molecule has 12 rings (SSSR count). The van der Waals surface area contributed by atoms with Gasteiger partial charge in [0.15, 0.2) is 0 Å². The Morgan fingerprint density at radius 1 is 0.266 bits per heavy atom. The van der Waals surface area contributed by atoms with Gasteiger partial charge in [-0.3, -0.25) is 0 Å². The van der Waals surface area contributed by atoms with E-state index in [9.17, 15) is 0 Å². The maximum absolute atomic E-state index is 2.43. The molecule has 0 spiro atoms. The summed E-state index contributed by atoms with van der Waals surface area (Å²) in [6.07, 6.45) is 0. The molecule has 11 aromatic carbocycles. The molecule has 0 unspecified atom stereocenters. The molecule has 0 saturated heterocycles. The Labute approximate surface area is 377 Å². The Bertz CT molecular complexity index is 3640. The van der Waals surface area contributed by atoms with Crippen molar-refractivity contribution in [2.45, 2.75) is 0 Å². The minimum Gasteiger partial charge on any atom is -0.310 e. The topological polar surface area (TPSA) is 3.24 Å². The zero-order valence-corrected chi connectivity index (χ0v) is 35.8. The Kier molecular flexibility index (Phi) is 9.43. The van der Waals surface area contributed by atoms with Crippen LogP contribution in [0.25, 0.3) is 97.4 Å². The van der Waals surface area contributed by atoms with Crippen LogP contribution in [0.5, 0.6) is 0 Å². The molecule has 0 N–H and O–H groups in total. The van der Waals surface area contributed by atoms with Gasteiger partial charge >= 0.3 is 0 Å². The van der Waals surface area contributed by atoms with Crippen molar-refractivity contribution in [3.8, 4) is 55.6 Å². The Morgan fingerprint density at radius 2 is 0.812 bits per heavy atom. The van der Waals surface area contributed by atoms with Crippen molar-refractivity contribution in [1.29, 1.82) is 0 Å². The van der Waals surface area contributed by atoms with E-state index >= 15 is 0 Å². The van der Waals surface area contributed by atoms with Crippen LogP contribution in [-0.4, -0.2) is 0 Å². The lowest BCUT2D eigenvalue weighted by Crippen LogP contribution is -2.11. The van der Waals surface area contributed by atoms with Gasteiger partial charge in [-0.05, 0) is 114 Å². The maximum Gasteiger partial charge on any atom is 0.0540 e. The number of nitrogens with zero attached hydrogens (tertiary/aromatic N) is 1. The summed E-state index contributed by atoms with van der Waals surface area (Å²) in [6, 6.07) is 90.9. The molecule has 0 atom stereocenters. The van der Waals surface area contributed by atoms with E-state index in [2.05, 4.69) is 254 Å². The molecule has 0 fully saturated rings. The molecule has 300 valence electrons. The second kappa shape index (κ2) is 16.0. The average molecular weight is 832 g/mol. The fraction of sp³-hybridized carbons (Fsp3) is 0. The van der Waals surface area contributed by atoms with Crippen molar-refractivity contribution in [3.05, 3.63) is 249 Å². The predicted molar refractivity (Wildman–Crippen MR) is 276 cm³/mol. The molecule has 0 aliphatic carbocycles. The summed E-state index contributed by atoms with van der Waals surface area (Å²) in [5.41, 5.74) is 15.4. The average Bonchev–Trinajstić information content (AvgIpc) is 3.76. The van der Waals surface area contributed by atoms with Gasteiger partial charge in [0.25, 0.3) is 0 Å². The summed E-state index contributed by atoms with van der Waals surface area (Å²) in [6.45, 7) is 0. The molecule has 0 bridgehead atoms. The standard InChI is InChI=1S/C62H41NS/c1-3-15-43(16-4-1)51-39-34-47(41-59(51)44-17-5-2-6-18-44)42-29-35-48(36-30-42)63(49-37-31-46(32-38-49)52-23-13-26-58-57-22-10-12-28-61(57)64-62(52)58)60-27-11-9-21-56(60)54-25-14-24-53-50-20-8-7-19-45(50)33-40-55(53)54/h1-41H. The van der Waals surface area contributed by atoms with Crippen LogP contribution in [-0.2, 0) is 0 Å². The van der Waals surface area contributed by atoms with Crippen molar-refractivity contribution in [1.82, 2.24) is 0 Å². The molecule has 2 heteroatoms. The highest BCUT2D eigenvalue weighted by Crippen LogP contribution is 2.46. The highest BCUT2D eigenvalue weighted by Gasteiger charge is 2.20. The molecule has 0 aliphatic rings. The van der Waals surface area contributed by atoms with Crippen LogP contribution >= 0.6 is 11.3 Å². The minimum atomic E-state index is 1.09. The van der Waals surface area contributed by atoms with E-state index in [1.54, 1.807) is 0 Å². The lowest BCUT2D eigenvalue weighted by Gasteiger charge is -2.28. The van der Waals surface area contributed by atoms with Gasteiger partial charge in [-0.15, -0.1) is 11.3 Å². The second-order valence-electron chi connectivity index (χ2n) is 16.4. The van der Waals surface area contributed by atoms with Crippen molar-refractivity contribution in [2.24, 2.45) is 0 Å². The zero-order chi connectivity index (χ0) is 42.4. The summed E-state index contributed by atoms with van der Waals surface area (Å²) in [7, 11) is 0. The van der Waals surface area contributed by atoms with Gasteiger partial charge in [0.1, 0.15) is 0 Å². The predicted octanol–water partition coefficient (Wildman–Crippen LogP) is 18.2. The zero-order valence-electron chi connectivity index (χ0n) is 35.0. The van der Waals surface area contributed by atoms with Gasteiger partial charge in [-0.1, -0.05) is 206 Å². The lowest BCUT2D eigenvalue weighted by atomic mass is 9.91. The van der Waals surface area contributed by atoms with Crippen LogP contribution in [0.2, 0.25) is 0 Å². The van der Waals surface area contributed by atoms with Gasteiger partial charge in [0.05, 0.1) is 5.69 Å². The van der Waals surface area contributed by atoms with E-state index in [-0.39, 0.29) is 0 Å². The fourth-order valence-corrected chi connectivity index (χ4v) is 10.9. The van der Waals surface area contributed by atoms with Crippen LogP contribution in [0.4, 0.5) is 17.1 Å². The summed E-state index contributed by atoms with van der Waals surface area (Å²) >= 11 is 1.88. The van der Waals surface area contributed by atoms with Gasteiger partial charge in [0, 0.05) is 37.1 Å². The third kappa shape index (κ3) is 6.64. The molecular weight excluding hydrogens is 791 g/mol. The molecule has 0 aliphatic heterocycles. The Morgan fingerprint density at radius 3 is 1.58 bits per heavy atom. The second-order valence-corrected chi connectivity index (χ2v) is 17.5. The number of benzene rings is 11. The van der Waals surface area contributed by atoms with Crippen LogP contribution in [0, 0.1) is 0 Å². The molecule has 1 nitrogen and oxygen atoms in total. The molecule has 64 heavy (non-hydrogen) atoms. The summed E-state index contributed by atoms with van der Waals surface area (Å²) < 4.78 is 2.64. The van der Waals surface area contributed by atoms with E-state index < -0.39 is 0 Å². The number of fused-ring (bicyclic) bond motifs is 6. The highest BCUT2D eigenvalue weighted by molar-refractivity contribution is 7.26. The molecule has 12 aromatic rings. The van der Waals surface area contributed by atoms with E-state index in [1.807, 2.05) is 11.3 Å². The fourth-order valence-electron chi connectivity index (χ4n) is 9.62. The monoisotopic (exact) mass is 831 g/mol. The molecule has 0 saturated carbocycles. The SMILES string of the molecule is c1ccc(-c2ccc(-c3ccc(N(c4ccc(-c5cccc6c5sc5ccccc56)cc4)c4ccccc4-c4cccc5c4ccc4ccccc45)cc3)cc2-c2ccccc2)cc1. The van der Waals surface area contributed by atoms with E-state index in [0.29, 0.717) is 0 Å². The van der Waals surface area contributed by atoms with Crippen LogP contribution in [0.1, 0.15) is 0 Å². The normalized spacial score (nSPS) is 11.4. The molecule has 0 amide bonds. The number of hydrogen-bond acceptors (Lipinski definition) is 2. The first-order valence-electron chi connectivity index (χ1n) is 21.9. The Balaban J connectivity index is 0.996. The van der Waals surface area contributed by atoms with Gasteiger partial charge in [-0.25, -0.2) is 0 Å². The summed E-state index contributed by atoms with van der Waals surface area (Å²) in [5, 5.41) is 7.64. The summed E-state index contributed by atoms with van der Waals surface area (Å²) in [5.74, 6) is 0. The number of hydrogen-bond donors (Lipinski definition) is 0. The lowest BCUT2D eigenvalue weighted by molar-refractivity contribution is 1.28.